The van der Waals surface area contributed by atoms with Crippen LogP contribution in [0.2, 0.25) is 0 Å². The van der Waals surface area contributed by atoms with E-state index in [9.17, 15) is 0 Å². The van der Waals surface area contributed by atoms with Gasteiger partial charge in [0.1, 0.15) is 12.9 Å². The number of hydrogen-bond donors (Lipinski definition) is 2. The minimum absolute atomic E-state index is 0.390. The molecule has 0 aliphatic rings. The van der Waals surface area contributed by atoms with Crippen molar-refractivity contribution in [2.45, 2.75) is 26.4 Å². The first-order chi connectivity index (χ1) is 11.7. The van der Waals surface area contributed by atoms with E-state index in [0.29, 0.717) is 19.0 Å². The fraction of sp³-hybridized carbons (Fsp3) is 0.438. The van der Waals surface area contributed by atoms with E-state index in [1.807, 2.05) is 29.7 Å². The number of guanidine groups is 1. The molecule has 0 unspecified atom stereocenters. The average molecular weight is 332 g/mol. The predicted octanol–water partition coefficient (Wildman–Crippen LogP) is 0.962. The quantitative estimate of drug-likeness (QED) is 0.552. The first kappa shape index (κ1) is 17.6. The molecule has 3 N–H and O–H groups in total. The van der Waals surface area contributed by atoms with Crippen LogP contribution >= 0.6 is 0 Å². The maximum atomic E-state index is 5.88. The number of hydrogen-bond acceptors (Lipinski definition) is 5. The van der Waals surface area contributed by atoms with Crippen LogP contribution in [-0.4, -0.2) is 41.5 Å². The molecule has 0 spiro atoms. The van der Waals surface area contributed by atoms with Crippen LogP contribution in [0.25, 0.3) is 0 Å². The Morgan fingerprint density at radius 1 is 1.29 bits per heavy atom. The average Bonchev–Trinajstić information content (AvgIpc) is 3.07. The molecular weight excluding hydrogens is 308 g/mol. The van der Waals surface area contributed by atoms with Gasteiger partial charge in [-0.2, -0.15) is 0 Å². The molecule has 0 saturated heterocycles. The van der Waals surface area contributed by atoms with Gasteiger partial charge in [0.2, 0.25) is 0 Å². The lowest BCUT2D eigenvalue weighted by atomic mass is 10.1. The molecule has 8 nitrogen and oxygen atoms in total. The number of ether oxygens (including phenoxy) is 2. The molecule has 0 amide bonds. The van der Waals surface area contributed by atoms with Crippen LogP contribution in [0.3, 0.4) is 0 Å². The van der Waals surface area contributed by atoms with E-state index in [1.165, 1.54) is 0 Å². The number of rotatable bonds is 8. The SMILES string of the molecule is CCn1cnnc1CN=C(N)NCCc1ccc(OC)c(OC)c1. The summed E-state index contributed by atoms with van der Waals surface area (Å²) in [4.78, 5) is 4.28. The second-order valence-corrected chi connectivity index (χ2v) is 5.10. The van der Waals surface area contributed by atoms with Crippen LogP contribution in [0.1, 0.15) is 18.3 Å². The topological polar surface area (TPSA) is 99.6 Å². The molecule has 24 heavy (non-hydrogen) atoms. The van der Waals surface area contributed by atoms with Crippen molar-refractivity contribution < 1.29 is 9.47 Å². The highest BCUT2D eigenvalue weighted by Gasteiger charge is 2.05. The number of nitrogens with one attached hydrogen (secondary N) is 1. The zero-order chi connectivity index (χ0) is 17.4. The largest absolute Gasteiger partial charge is 0.493 e. The van der Waals surface area contributed by atoms with Gasteiger partial charge >= 0.3 is 0 Å². The van der Waals surface area contributed by atoms with E-state index in [-0.39, 0.29) is 0 Å². The van der Waals surface area contributed by atoms with Gasteiger partial charge in [-0.05, 0) is 31.0 Å². The van der Waals surface area contributed by atoms with Crippen LogP contribution in [0.5, 0.6) is 11.5 Å². The summed E-state index contributed by atoms with van der Waals surface area (Å²) in [6, 6.07) is 5.85. The number of aliphatic imine (C=N–C) groups is 1. The number of nitrogens with two attached hydrogens (primary N) is 1. The van der Waals surface area contributed by atoms with Crippen molar-refractivity contribution in [2.75, 3.05) is 20.8 Å². The second kappa shape index (κ2) is 8.76. The summed E-state index contributed by atoms with van der Waals surface area (Å²) in [5.41, 5.74) is 7.01. The van der Waals surface area contributed by atoms with E-state index in [0.717, 1.165) is 35.9 Å². The van der Waals surface area contributed by atoms with Gasteiger partial charge in [0.15, 0.2) is 23.3 Å². The Hall–Kier alpha value is -2.77. The van der Waals surface area contributed by atoms with Crippen molar-refractivity contribution in [2.24, 2.45) is 10.7 Å². The van der Waals surface area contributed by atoms with Crippen LogP contribution in [-0.2, 0) is 19.5 Å². The van der Waals surface area contributed by atoms with Crippen molar-refractivity contribution in [1.29, 1.82) is 0 Å². The third-order valence-corrected chi connectivity index (χ3v) is 3.59. The van der Waals surface area contributed by atoms with Crippen LogP contribution in [0.15, 0.2) is 29.5 Å². The number of benzene rings is 1. The second-order valence-electron chi connectivity index (χ2n) is 5.10. The van der Waals surface area contributed by atoms with Gasteiger partial charge in [0, 0.05) is 13.1 Å². The van der Waals surface area contributed by atoms with Crippen molar-refractivity contribution in [3.63, 3.8) is 0 Å². The maximum absolute atomic E-state index is 5.88. The van der Waals surface area contributed by atoms with E-state index < -0.39 is 0 Å². The zero-order valence-corrected chi connectivity index (χ0v) is 14.3. The van der Waals surface area contributed by atoms with Crippen LogP contribution in [0.4, 0.5) is 0 Å². The molecule has 8 heteroatoms. The number of nitrogens with zero attached hydrogens (tertiary/aromatic N) is 4. The lowest BCUT2D eigenvalue weighted by molar-refractivity contribution is 0.354. The number of aromatic nitrogens is 3. The molecule has 0 bridgehead atoms. The molecule has 2 rings (SSSR count). The van der Waals surface area contributed by atoms with Gasteiger partial charge in [-0.15, -0.1) is 10.2 Å². The Kier molecular flexibility index (Phi) is 6.41. The summed E-state index contributed by atoms with van der Waals surface area (Å²) >= 11 is 0. The summed E-state index contributed by atoms with van der Waals surface area (Å²) in [7, 11) is 3.25. The minimum Gasteiger partial charge on any atom is -0.493 e. The van der Waals surface area contributed by atoms with Crippen LogP contribution in [0, 0.1) is 0 Å². The monoisotopic (exact) mass is 332 g/mol. The summed E-state index contributed by atoms with van der Waals surface area (Å²) < 4.78 is 12.5. The fourth-order valence-electron chi connectivity index (χ4n) is 2.25. The van der Waals surface area contributed by atoms with Crippen LogP contribution < -0.4 is 20.5 Å². The van der Waals surface area contributed by atoms with Gasteiger partial charge in [0.25, 0.3) is 0 Å². The van der Waals surface area contributed by atoms with Crippen molar-refractivity contribution in [3.05, 3.63) is 35.9 Å². The fourth-order valence-corrected chi connectivity index (χ4v) is 2.25. The Labute approximate surface area is 141 Å². The van der Waals surface area contributed by atoms with Gasteiger partial charge in [-0.25, -0.2) is 4.99 Å². The first-order valence-corrected chi connectivity index (χ1v) is 7.79. The van der Waals surface area contributed by atoms with Gasteiger partial charge in [0.05, 0.1) is 14.2 Å². The number of aryl methyl sites for hydroxylation is 1. The maximum Gasteiger partial charge on any atom is 0.189 e. The summed E-state index contributed by atoms with van der Waals surface area (Å²) in [6.07, 6.45) is 2.48. The Morgan fingerprint density at radius 3 is 2.79 bits per heavy atom. The summed E-state index contributed by atoms with van der Waals surface area (Å²) in [5, 5.41) is 11.0. The predicted molar refractivity (Wildman–Crippen MR) is 92.3 cm³/mol. The van der Waals surface area contributed by atoms with E-state index in [4.69, 9.17) is 15.2 Å². The van der Waals surface area contributed by atoms with Crippen molar-refractivity contribution >= 4 is 5.96 Å². The highest BCUT2D eigenvalue weighted by atomic mass is 16.5. The molecule has 1 heterocycles. The Balaban J connectivity index is 1.84. The molecular formula is C16H24N6O2. The zero-order valence-electron chi connectivity index (χ0n) is 14.3. The lowest BCUT2D eigenvalue weighted by Crippen LogP contribution is -2.33. The van der Waals surface area contributed by atoms with Gasteiger partial charge in [-0.3, -0.25) is 0 Å². The molecule has 1 aromatic heterocycles. The van der Waals surface area contributed by atoms with E-state index >= 15 is 0 Å². The highest BCUT2D eigenvalue weighted by molar-refractivity contribution is 5.77. The summed E-state index contributed by atoms with van der Waals surface area (Å²) in [5.74, 6) is 2.62. The van der Waals surface area contributed by atoms with Gasteiger partial charge in [-0.1, -0.05) is 6.07 Å². The highest BCUT2D eigenvalue weighted by Crippen LogP contribution is 2.27. The summed E-state index contributed by atoms with van der Waals surface area (Å²) in [6.45, 7) is 3.92. The first-order valence-electron chi connectivity index (χ1n) is 7.79. The van der Waals surface area contributed by atoms with E-state index in [2.05, 4.69) is 20.5 Å². The Bertz CT molecular complexity index is 683. The smallest absolute Gasteiger partial charge is 0.189 e. The molecule has 1 aromatic carbocycles. The molecule has 2 aromatic rings. The van der Waals surface area contributed by atoms with E-state index in [1.54, 1.807) is 20.5 Å². The normalized spacial score (nSPS) is 11.4. The molecule has 0 saturated carbocycles. The minimum atomic E-state index is 0.390. The molecule has 0 radical (unpaired) electrons. The third kappa shape index (κ3) is 4.61. The molecule has 0 fully saturated rings. The Morgan fingerprint density at radius 2 is 2.08 bits per heavy atom. The van der Waals surface area contributed by atoms with Gasteiger partial charge < -0.3 is 25.1 Å². The van der Waals surface area contributed by atoms with Crippen molar-refractivity contribution in [3.8, 4) is 11.5 Å². The molecule has 0 aliphatic heterocycles. The molecule has 0 aliphatic carbocycles. The van der Waals surface area contributed by atoms with Crippen molar-refractivity contribution in [1.82, 2.24) is 20.1 Å². The lowest BCUT2D eigenvalue weighted by Gasteiger charge is -2.10. The standard InChI is InChI=1S/C16H24N6O2/c1-4-22-11-20-21-15(22)10-19-16(17)18-8-7-12-5-6-13(23-2)14(9-12)24-3/h5-6,9,11H,4,7-8,10H2,1-3H3,(H3,17,18,19). The molecule has 130 valence electrons. The molecule has 0 atom stereocenters. The number of methoxy groups -OCH3 is 2. The third-order valence-electron chi connectivity index (χ3n) is 3.59.